The third-order valence-electron chi connectivity index (χ3n) is 1.66. The number of carbonyl (C=O) groups is 1. The third kappa shape index (κ3) is 2.20. The maximum atomic E-state index is 11.4. The summed E-state index contributed by atoms with van der Waals surface area (Å²) in [5.74, 6) is 2.05. The van der Waals surface area contributed by atoms with Crippen molar-refractivity contribution in [3.8, 4) is 12.3 Å². The summed E-state index contributed by atoms with van der Waals surface area (Å²) in [4.78, 5) is 11.4. The minimum atomic E-state index is -0.198. The van der Waals surface area contributed by atoms with Crippen molar-refractivity contribution in [2.24, 2.45) is 0 Å². The minimum absolute atomic E-state index is 0.0244. The summed E-state index contributed by atoms with van der Waals surface area (Å²) in [7, 11) is 0. The lowest BCUT2D eigenvalue weighted by atomic mass is 10.1. The van der Waals surface area contributed by atoms with Crippen LogP contribution in [0.5, 0.6) is 0 Å². The molecule has 0 aliphatic carbocycles. The van der Waals surface area contributed by atoms with Crippen LogP contribution in [0.2, 0.25) is 10.0 Å². The highest BCUT2D eigenvalue weighted by atomic mass is 35.5. The van der Waals surface area contributed by atoms with E-state index in [1.165, 1.54) is 12.1 Å². The van der Waals surface area contributed by atoms with Gasteiger partial charge in [-0.25, -0.2) is 0 Å². The van der Waals surface area contributed by atoms with Gasteiger partial charge in [0.25, 0.3) is 0 Å². The first-order chi connectivity index (χ1) is 6.56. The molecule has 0 amide bonds. The summed E-state index contributed by atoms with van der Waals surface area (Å²) in [6, 6.07) is 2.92. The molecule has 0 bridgehead atoms. The van der Waals surface area contributed by atoms with Crippen molar-refractivity contribution in [1.29, 1.82) is 0 Å². The maximum Gasteiger partial charge on any atom is 0.174 e. The predicted octanol–water partition coefficient (Wildman–Crippen LogP) is 2.78. The van der Waals surface area contributed by atoms with Crippen LogP contribution in [0, 0.1) is 12.3 Å². The van der Waals surface area contributed by atoms with E-state index in [1.54, 1.807) is 0 Å². The van der Waals surface area contributed by atoms with Gasteiger partial charge in [0, 0.05) is 5.56 Å². The molecule has 0 aliphatic rings. The monoisotopic (exact) mass is 227 g/mol. The number of nitrogen functional groups attached to an aromatic ring is 1. The highest BCUT2D eigenvalue weighted by molar-refractivity contribution is 6.39. The second-order valence-electron chi connectivity index (χ2n) is 2.66. The van der Waals surface area contributed by atoms with Crippen LogP contribution in [0.1, 0.15) is 16.8 Å². The average molecular weight is 228 g/mol. The number of benzene rings is 1. The lowest BCUT2D eigenvalue weighted by molar-refractivity contribution is 0.0998. The number of halogens is 2. The van der Waals surface area contributed by atoms with Gasteiger partial charge in [-0.3, -0.25) is 4.79 Å². The molecule has 0 saturated heterocycles. The number of hydrogen-bond acceptors (Lipinski definition) is 2. The summed E-state index contributed by atoms with van der Waals surface area (Å²) in [5.41, 5.74) is 6.16. The molecule has 1 aromatic rings. The first-order valence-electron chi connectivity index (χ1n) is 3.77. The molecule has 4 heteroatoms. The van der Waals surface area contributed by atoms with E-state index >= 15 is 0 Å². The SMILES string of the molecule is C#CCC(=O)c1cc(Cl)c(N)c(Cl)c1. The Morgan fingerprint density at radius 2 is 1.93 bits per heavy atom. The zero-order chi connectivity index (χ0) is 10.7. The van der Waals surface area contributed by atoms with E-state index in [4.69, 9.17) is 35.4 Å². The van der Waals surface area contributed by atoms with Crippen LogP contribution in [-0.4, -0.2) is 5.78 Å². The third-order valence-corrected chi connectivity index (χ3v) is 2.29. The second kappa shape index (κ2) is 4.36. The molecule has 0 aromatic heterocycles. The van der Waals surface area contributed by atoms with Crippen molar-refractivity contribution in [2.45, 2.75) is 6.42 Å². The van der Waals surface area contributed by atoms with Crippen molar-refractivity contribution >= 4 is 34.7 Å². The van der Waals surface area contributed by atoms with Gasteiger partial charge in [-0.15, -0.1) is 6.42 Å². The van der Waals surface area contributed by atoms with E-state index in [-0.39, 0.29) is 27.9 Å². The van der Waals surface area contributed by atoms with Gasteiger partial charge in [0.05, 0.1) is 22.2 Å². The van der Waals surface area contributed by atoms with Crippen molar-refractivity contribution in [2.75, 3.05) is 5.73 Å². The largest absolute Gasteiger partial charge is 0.396 e. The average Bonchev–Trinajstić information content (AvgIpc) is 2.13. The highest BCUT2D eigenvalue weighted by Gasteiger charge is 2.09. The zero-order valence-corrected chi connectivity index (χ0v) is 8.69. The van der Waals surface area contributed by atoms with Crippen molar-refractivity contribution < 1.29 is 4.79 Å². The topological polar surface area (TPSA) is 43.1 Å². The van der Waals surface area contributed by atoms with Gasteiger partial charge in [-0.2, -0.15) is 0 Å². The molecule has 1 aromatic carbocycles. The molecular formula is C10H7Cl2NO. The predicted molar refractivity (Wildman–Crippen MR) is 58.7 cm³/mol. The molecule has 0 atom stereocenters. The fraction of sp³-hybridized carbons (Fsp3) is 0.100. The number of hydrogen-bond donors (Lipinski definition) is 1. The smallest absolute Gasteiger partial charge is 0.174 e. The standard InChI is InChI=1S/C10H7Cl2NO/c1-2-3-9(14)6-4-7(11)10(13)8(12)5-6/h1,4-5H,3,13H2. The Morgan fingerprint density at radius 1 is 1.43 bits per heavy atom. The van der Waals surface area contributed by atoms with Crippen LogP contribution in [0.4, 0.5) is 5.69 Å². The lowest BCUT2D eigenvalue weighted by Crippen LogP contribution is -1.99. The molecule has 0 aliphatic heterocycles. The molecule has 2 N–H and O–H groups in total. The number of ketones is 1. The van der Waals surface area contributed by atoms with Crippen LogP contribution >= 0.6 is 23.2 Å². The molecule has 2 nitrogen and oxygen atoms in total. The first-order valence-corrected chi connectivity index (χ1v) is 4.53. The Morgan fingerprint density at radius 3 is 2.36 bits per heavy atom. The van der Waals surface area contributed by atoms with Crippen molar-refractivity contribution in [3.63, 3.8) is 0 Å². The van der Waals surface area contributed by atoms with Crippen LogP contribution in [0.3, 0.4) is 0 Å². The van der Waals surface area contributed by atoms with E-state index in [0.29, 0.717) is 5.56 Å². The molecule has 0 saturated carbocycles. The lowest BCUT2D eigenvalue weighted by Gasteiger charge is -2.03. The Labute approximate surface area is 92.0 Å². The van der Waals surface area contributed by atoms with Gasteiger partial charge < -0.3 is 5.73 Å². The minimum Gasteiger partial charge on any atom is -0.396 e. The molecule has 0 heterocycles. The number of Topliss-reactive ketones (excluding diaryl/α,β-unsaturated/α-hetero) is 1. The quantitative estimate of drug-likeness (QED) is 0.480. The molecule has 1 rings (SSSR count). The Balaban J connectivity index is 3.14. The number of nitrogens with two attached hydrogens (primary N) is 1. The fourth-order valence-electron chi connectivity index (χ4n) is 0.940. The zero-order valence-electron chi connectivity index (χ0n) is 7.18. The van der Waals surface area contributed by atoms with Gasteiger partial charge in [0.1, 0.15) is 0 Å². The highest BCUT2D eigenvalue weighted by Crippen LogP contribution is 2.29. The Hall–Kier alpha value is -1.17. The van der Waals surface area contributed by atoms with Gasteiger partial charge >= 0.3 is 0 Å². The van der Waals surface area contributed by atoms with Crippen molar-refractivity contribution in [3.05, 3.63) is 27.7 Å². The van der Waals surface area contributed by atoms with Crippen molar-refractivity contribution in [1.82, 2.24) is 0 Å². The molecular weight excluding hydrogens is 221 g/mol. The molecule has 0 spiro atoms. The summed E-state index contributed by atoms with van der Waals surface area (Å²) < 4.78 is 0. The molecule has 0 radical (unpaired) electrons. The maximum absolute atomic E-state index is 11.4. The van der Waals surface area contributed by atoms with E-state index in [9.17, 15) is 4.79 Å². The summed E-state index contributed by atoms with van der Waals surface area (Å²) in [6.45, 7) is 0. The second-order valence-corrected chi connectivity index (χ2v) is 3.47. The van der Waals surface area contributed by atoms with E-state index in [0.717, 1.165) is 0 Å². The number of anilines is 1. The number of terminal acetylenes is 1. The molecule has 0 fully saturated rings. The van der Waals surface area contributed by atoms with Crippen LogP contribution in [0.15, 0.2) is 12.1 Å². The number of rotatable bonds is 2. The summed E-state index contributed by atoms with van der Waals surface area (Å²) in [6.07, 6.45) is 5.04. The summed E-state index contributed by atoms with van der Waals surface area (Å²) >= 11 is 11.5. The fourth-order valence-corrected chi connectivity index (χ4v) is 1.43. The number of carbonyl (C=O) groups excluding carboxylic acids is 1. The van der Waals surface area contributed by atoms with Crippen LogP contribution in [0.25, 0.3) is 0 Å². The van der Waals surface area contributed by atoms with E-state index < -0.39 is 0 Å². The van der Waals surface area contributed by atoms with Gasteiger partial charge in [0.15, 0.2) is 5.78 Å². The van der Waals surface area contributed by atoms with Gasteiger partial charge in [-0.05, 0) is 12.1 Å². The first kappa shape index (κ1) is 10.9. The Kier molecular flexibility index (Phi) is 3.40. The molecule has 72 valence electrons. The summed E-state index contributed by atoms with van der Waals surface area (Å²) in [5, 5.41) is 0.524. The van der Waals surface area contributed by atoms with E-state index in [1.807, 2.05) is 0 Å². The normalized spacial score (nSPS) is 9.50. The van der Waals surface area contributed by atoms with Gasteiger partial charge in [-0.1, -0.05) is 29.1 Å². The van der Waals surface area contributed by atoms with Crippen LogP contribution < -0.4 is 5.73 Å². The Bertz CT molecular complexity index is 398. The molecule has 0 unspecified atom stereocenters. The molecule has 14 heavy (non-hydrogen) atoms. The van der Waals surface area contributed by atoms with Crippen LogP contribution in [-0.2, 0) is 0 Å². The van der Waals surface area contributed by atoms with E-state index in [2.05, 4.69) is 5.92 Å². The van der Waals surface area contributed by atoms with Gasteiger partial charge in [0.2, 0.25) is 0 Å².